The number of ether oxygens (including phenoxy) is 4. The largest absolute Gasteiger partial charge is 0.490 e. The molecule has 35 heavy (non-hydrogen) atoms. The van der Waals surface area contributed by atoms with Crippen molar-refractivity contribution in [2.24, 2.45) is 0 Å². The van der Waals surface area contributed by atoms with Gasteiger partial charge in [0.25, 0.3) is 0 Å². The Morgan fingerprint density at radius 1 is 0.743 bits per heavy atom. The van der Waals surface area contributed by atoms with Gasteiger partial charge in [-0.2, -0.15) is 0 Å². The number of aliphatic hydroxyl groups is 2. The fraction of sp³-hybridized carbons (Fsp3) is 0.448. The lowest BCUT2D eigenvalue weighted by atomic mass is 9.77. The van der Waals surface area contributed by atoms with Crippen molar-refractivity contribution in [3.63, 3.8) is 0 Å². The fourth-order valence-electron chi connectivity index (χ4n) is 3.44. The zero-order valence-electron chi connectivity index (χ0n) is 21.8. The van der Waals surface area contributed by atoms with Crippen LogP contribution in [0, 0.1) is 0 Å². The Bertz CT molecular complexity index is 898. The summed E-state index contributed by atoms with van der Waals surface area (Å²) in [7, 11) is 0. The van der Waals surface area contributed by atoms with Crippen LogP contribution < -0.4 is 18.9 Å². The standard InChI is InChI=1S/C29H40O6/c1-7-9-15-32-23-11-13-25(27(17-23)34-19-21(3)30)29(5,6)26-14-12-24(33-16-10-8-2)18-28(26)35-20-22(4)31/h9-18,21-22,30-31H,7-8,19-20H2,1-6H3. The topological polar surface area (TPSA) is 77.4 Å². The van der Waals surface area contributed by atoms with Crippen molar-refractivity contribution in [2.45, 2.75) is 72.0 Å². The first-order valence-electron chi connectivity index (χ1n) is 12.2. The van der Waals surface area contributed by atoms with Crippen molar-refractivity contribution < 1.29 is 29.2 Å². The molecule has 2 aromatic rings. The van der Waals surface area contributed by atoms with Gasteiger partial charge in [-0.15, -0.1) is 0 Å². The van der Waals surface area contributed by atoms with Gasteiger partial charge < -0.3 is 29.2 Å². The maximum absolute atomic E-state index is 9.82. The molecule has 0 aliphatic heterocycles. The normalized spacial score (nSPS) is 13.7. The minimum atomic E-state index is -0.618. The molecule has 0 heterocycles. The number of hydrogen-bond acceptors (Lipinski definition) is 6. The average molecular weight is 485 g/mol. The molecule has 0 saturated carbocycles. The molecule has 2 N–H and O–H groups in total. The van der Waals surface area contributed by atoms with Gasteiger partial charge in [0.05, 0.1) is 24.7 Å². The number of benzene rings is 2. The molecule has 0 amide bonds. The van der Waals surface area contributed by atoms with E-state index in [9.17, 15) is 10.2 Å². The van der Waals surface area contributed by atoms with Crippen LogP contribution in [0.15, 0.2) is 61.1 Å². The van der Waals surface area contributed by atoms with Gasteiger partial charge >= 0.3 is 0 Å². The quantitative estimate of drug-likeness (QED) is 0.314. The highest BCUT2D eigenvalue weighted by molar-refractivity contribution is 5.54. The molecule has 6 nitrogen and oxygen atoms in total. The van der Waals surface area contributed by atoms with Crippen molar-refractivity contribution >= 4 is 0 Å². The second kappa shape index (κ2) is 13.8. The fourth-order valence-corrected chi connectivity index (χ4v) is 3.44. The molecule has 0 radical (unpaired) electrons. The van der Waals surface area contributed by atoms with Crippen molar-refractivity contribution in [2.75, 3.05) is 13.2 Å². The molecule has 0 aliphatic rings. The monoisotopic (exact) mass is 484 g/mol. The van der Waals surface area contributed by atoms with E-state index in [2.05, 4.69) is 13.8 Å². The molecule has 0 fully saturated rings. The minimum Gasteiger partial charge on any atom is -0.490 e. The van der Waals surface area contributed by atoms with Gasteiger partial charge in [-0.05, 0) is 51.0 Å². The Labute approximate surface area is 209 Å². The summed E-state index contributed by atoms with van der Waals surface area (Å²) in [4.78, 5) is 0. The van der Waals surface area contributed by atoms with E-state index in [1.807, 2.05) is 62.4 Å². The van der Waals surface area contributed by atoms with E-state index >= 15 is 0 Å². The van der Waals surface area contributed by atoms with Gasteiger partial charge in [-0.25, -0.2) is 0 Å². The van der Waals surface area contributed by atoms with E-state index in [0.29, 0.717) is 23.0 Å². The third-order valence-corrected chi connectivity index (χ3v) is 5.29. The lowest BCUT2D eigenvalue weighted by Crippen LogP contribution is -2.24. The minimum absolute atomic E-state index is 0.152. The van der Waals surface area contributed by atoms with E-state index < -0.39 is 17.6 Å². The third-order valence-electron chi connectivity index (χ3n) is 5.29. The van der Waals surface area contributed by atoms with Gasteiger partial charge in [0.1, 0.15) is 36.2 Å². The molecule has 2 unspecified atom stereocenters. The summed E-state index contributed by atoms with van der Waals surface area (Å²) in [6.07, 6.45) is 7.69. The van der Waals surface area contributed by atoms with Crippen LogP contribution in [0.4, 0.5) is 0 Å². The summed E-state index contributed by atoms with van der Waals surface area (Å²) >= 11 is 0. The molecule has 6 heteroatoms. The van der Waals surface area contributed by atoms with Crippen LogP contribution in [0.5, 0.6) is 23.0 Å². The Morgan fingerprint density at radius 2 is 1.14 bits per heavy atom. The molecule has 0 bridgehead atoms. The third kappa shape index (κ3) is 8.64. The molecule has 0 spiro atoms. The number of hydrogen-bond donors (Lipinski definition) is 2. The zero-order chi connectivity index (χ0) is 25.8. The lowest BCUT2D eigenvalue weighted by Gasteiger charge is -2.30. The second-order valence-electron chi connectivity index (χ2n) is 9.06. The predicted molar refractivity (Wildman–Crippen MR) is 139 cm³/mol. The van der Waals surface area contributed by atoms with Crippen molar-refractivity contribution in [1.29, 1.82) is 0 Å². The van der Waals surface area contributed by atoms with Gasteiger partial charge in [0, 0.05) is 28.7 Å². The Balaban J connectivity index is 2.52. The zero-order valence-corrected chi connectivity index (χ0v) is 21.8. The first-order valence-corrected chi connectivity index (χ1v) is 12.2. The highest BCUT2D eigenvalue weighted by Gasteiger charge is 2.31. The second-order valence-corrected chi connectivity index (χ2v) is 9.06. The summed E-state index contributed by atoms with van der Waals surface area (Å²) in [6, 6.07) is 11.4. The molecule has 2 atom stereocenters. The van der Waals surface area contributed by atoms with Gasteiger partial charge in [0.15, 0.2) is 0 Å². The van der Waals surface area contributed by atoms with Gasteiger partial charge in [0.2, 0.25) is 0 Å². The molecular formula is C29H40O6. The smallest absolute Gasteiger partial charge is 0.130 e. The highest BCUT2D eigenvalue weighted by atomic mass is 16.5. The summed E-state index contributed by atoms with van der Waals surface area (Å²) in [5.74, 6) is 2.52. The van der Waals surface area contributed by atoms with Crippen LogP contribution in [-0.2, 0) is 5.41 Å². The number of rotatable bonds is 14. The summed E-state index contributed by atoms with van der Waals surface area (Å²) in [6.45, 7) is 11.9. The van der Waals surface area contributed by atoms with Crippen LogP contribution in [0.3, 0.4) is 0 Å². The van der Waals surface area contributed by atoms with Crippen LogP contribution in [0.2, 0.25) is 0 Å². The molecule has 0 aliphatic carbocycles. The summed E-state index contributed by atoms with van der Waals surface area (Å²) < 4.78 is 23.5. The van der Waals surface area contributed by atoms with Crippen molar-refractivity contribution in [1.82, 2.24) is 0 Å². The predicted octanol–water partition coefficient (Wildman–Crippen LogP) is 6.14. The van der Waals surface area contributed by atoms with Gasteiger partial charge in [-0.3, -0.25) is 0 Å². The molecule has 0 saturated heterocycles. The SMILES string of the molecule is CCC=COc1ccc(C(C)(C)c2ccc(OC=CCC)cc2OCC(C)O)c(OCC(C)O)c1. The molecular weight excluding hydrogens is 444 g/mol. The maximum atomic E-state index is 9.82. The lowest BCUT2D eigenvalue weighted by molar-refractivity contribution is 0.120. The summed E-state index contributed by atoms with van der Waals surface area (Å²) in [5.41, 5.74) is 1.27. The van der Waals surface area contributed by atoms with E-state index in [-0.39, 0.29) is 13.2 Å². The van der Waals surface area contributed by atoms with Crippen molar-refractivity contribution in [3.05, 3.63) is 72.2 Å². The molecule has 2 rings (SSSR count). The first kappa shape index (κ1) is 28.3. The van der Waals surface area contributed by atoms with E-state index in [1.54, 1.807) is 26.4 Å². The highest BCUT2D eigenvalue weighted by Crippen LogP contribution is 2.43. The Morgan fingerprint density at radius 3 is 1.49 bits per heavy atom. The molecule has 0 aromatic heterocycles. The first-order chi connectivity index (χ1) is 16.7. The van der Waals surface area contributed by atoms with E-state index in [0.717, 1.165) is 24.0 Å². The van der Waals surface area contributed by atoms with Gasteiger partial charge in [-0.1, -0.05) is 39.8 Å². The van der Waals surface area contributed by atoms with Crippen molar-refractivity contribution in [3.8, 4) is 23.0 Å². The molecule has 2 aromatic carbocycles. The van der Waals surface area contributed by atoms with Crippen LogP contribution >= 0.6 is 0 Å². The Hall–Kier alpha value is -2.96. The number of allylic oxidation sites excluding steroid dienone is 2. The van der Waals surface area contributed by atoms with Crippen LogP contribution in [0.25, 0.3) is 0 Å². The van der Waals surface area contributed by atoms with Crippen LogP contribution in [-0.4, -0.2) is 35.6 Å². The summed E-state index contributed by atoms with van der Waals surface area (Å²) in [5, 5.41) is 19.6. The Kier molecular flexibility index (Phi) is 11.2. The maximum Gasteiger partial charge on any atom is 0.130 e. The molecule has 192 valence electrons. The van der Waals surface area contributed by atoms with E-state index in [1.165, 1.54) is 0 Å². The average Bonchev–Trinajstić information content (AvgIpc) is 2.81. The van der Waals surface area contributed by atoms with Crippen LogP contribution in [0.1, 0.15) is 65.5 Å². The van der Waals surface area contributed by atoms with E-state index in [4.69, 9.17) is 18.9 Å². The number of aliphatic hydroxyl groups excluding tert-OH is 2.